The first-order valence-corrected chi connectivity index (χ1v) is 6.07. The maximum Gasteiger partial charge on any atom is 0.304 e. The Labute approximate surface area is 92.0 Å². The van der Waals surface area contributed by atoms with Crippen LogP contribution in [0.4, 0.5) is 0 Å². The van der Waals surface area contributed by atoms with E-state index in [1.165, 1.54) is 25.7 Å². The van der Waals surface area contributed by atoms with E-state index in [0.717, 1.165) is 18.8 Å². The first kappa shape index (κ1) is 12.5. The molecule has 3 N–H and O–H groups in total. The number of hydrogen-bond donors (Lipinski definition) is 2. The van der Waals surface area contributed by atoms with E-state index in [2.05, 4.69) is 6.92 Å². The quantitative estimate of drug-likeness (QED) is 0.712. The summed E-state index contributed by atoms with van der Waals surface area (Å²) in [4.78, 5) is 10.4. The third-order valence-electron chi connectivity index (χ3n) is 3.63. The highest BCUT2D eigenvalue weighted by molar-refractivity contribution is 5.67. The summed E-state index contributed by atoms with van der Waals surface area (Å²) in [5, 5.41) is 8.58. The van der Waals surface area contributed by atoms with Gasteiger partial charge in [-0.2, -0.15) is 0 Å². The van der Waals surface area contributed by atoms with Gasteiger partial charge >= 0.3 is 5.97 Å². The Morgan fingerprint density at radius 2 is 2.00 bits per heavy atom. The minimum Gasteiger partial charge on any atom is -0.481 e. The van der Waals surface area contributed by atoms with E-state index >= 15 is 0 Å². The molecule has 1 aliphatic rings. The van der Waals surface area contributed by atoms with Crippen molar-refractivity contribution in [1.82, 2.24) is 0 Å². The highest BCUT2D eigenvalue weighted by atomic mass is 16.4. The molecular formula is C12H23NO2. The van der Waals surface area contributed by atoms with Gasteiger partial charge in [0, 0.05) is 6.04 Å². The van der Waals surface area contributed by atoms with Gasteiger partial charge in [0.15, 0.2) is 0 Å². The van der Waals surface area contributed by atoms with E-state index in [-0.39, 0.29) is 12.5 Å². The molecule has 0 bridgehead atoms. The summed E-state index contributed by atoms with van der Waals surface area (Å²) in [5.74, 6) is 0.797. The Kier molecular flexibility index (Phi) is 5.09. The van der Waals surface area contributed by atoms with Crippen LogP contribution in [0.5, 0.6) is 0 Å². The molecule has 0 radical (unpaired) electrons. The number of hydrogen-bond acceptors (Lipinski definition) is 2. The van der Waals surface area contributed by atoms with Crippen LogP contribution in [0, 0.1) is 11.8 Å². The van der Waals surface area contributed by atoms with Crippen molar-refractivity contribution in [1.29, 1.82) is 0 Å². The molecule has 88 valence electrons. The molecule has 15 heavy (non-hydrogen) atoms. The maximum atomic E-state index is 10.4. The van der Waals surface area contributed by atoms with Crippen LogP contribution in [0.15, 0.2) is 0 Å². The zero-order valence-corrected chi connectivity index (χ0v) is 9.61. The number of carbonyl (C=O) groups is 1. The van der Waals surface area contributed by atoms with Crippen LogP contribution in [-0.4, -0.2) is 17.1 Å². The maximum absolute atomic E-state index is 10.4. The SMILES string of the molecule is C[C@@H](CC[C@H](N)CC(=O)O)C1CCCC1. The van der Waals surface area contributed by atoms with Crippen LogP contribution in [0.25, 0.3) is 0 Å². The third-order valence-corrected chi connectivity index (χ3v) is 3.63. The number of carboxylic acid groups (broad SMARTS) is 1. The van der Waals surface area contributed by atoms with Crippen molar-refractivity contribution < 1.29 is 9.90 Å². The number of nitrogens with two attached hydrogens (primary N) is 1. The molecule has 1 aliphatic carbocycles. The summed E-state index contributed by atoms with van der Waals surface area (Å²) < 4.78 is 0. The lowest BCUT2D eigenvalue weighted by molar-refractivity contribution is -0.137. The largest absolute Gasteiger partial charge is 0.481 e. The van der Waals surface area contributed by atoms with Crippen molar-refractivity contribution in [2.24, 2.45) is 17.6 Å². The highest BCUT2D eigenvalue weighted by Gasteiger charge is 2.21. The molecular weight excluding hydrogens is 190 g/mol. The first-order chi connectivity index (χ1) is 7.09. The summed E-state index contributed by atoms with van der Waals surface area (Å²) in [6.07, 6.45) is 7.50. The summed E-state index contributed by atoms with van der Waals surface area (Å²) in [5.41, 5.74) is 5.74. The molecule has 2 atom stereocenters. The zero-order valence-electron chi connectivity index (χ0n) is 9.61. The first-order valence-electron chi connectivity index (χ1n) is 6.07. The lowest BCUT2D eigenvalue weighted by atomic mass is 9.87. The van der Waals surface area contributed by atoms with Gasteiger partial charge in [-0.3, -0.25) is 4.79 Å². The molecule has 0 aromatic heterocycles. The molecule has 1 rings (SSSR count). The summed E-state index contributed by atoms with van der Waals surface area (Å²) >= 11 is 0. The molecule has 0 aromatic carbocycles. The van der Waals surface area contributed by atoms with Crippen LogP contribution in [0.3, 0.4) is 0 Å². The van der Waals surface area contributed by atoms with Crippen LogP contribution < -0.4 is 5.73 Å². The Morgan fingerprint density at radius 1 is 1.40 bits per heavy atom. The van der Waals surface area contributed by atoms with Gasteiger partial charge in [-0.25, -0.2) is 0 Å². The van der Waals surface area contributed by atoms with Crippen molar-refractivity contribution >= 4 is 5.97 Å². The van der Waals surface area contributed by atoms with Gasteiger partial charge in [-0.05, 0) is 24.7 Å². The molecule has 0 aliphatic heterocycles. The molecule has 0 aromatic rings. The van der Waals surface area contributed by atoms with E-state index in [1.807, 2.05) is 0 Å². The van der Waals surface area contributed by atoms with Crippen LogP contribution in [0.1, 0.15) is 51.9 Å². The van der Waals surface area contributed by atoms with E-state index in [9.17, 15) is 4.79 Å². The lowest BCUT2D eigenvalue weighted by Gasteiger charge is -2.20. The smallest absolute Gasteiger partial charge is 0.304 e. The van der Waals surface area contributed by atoms with Crippen molar-refractivity contribution in [3.05, 3.63) is 0 Å². The molecule has 1 saturated carbocycles. The monoisotopic (exact) mass is 213 g/mol. The number of rotatable bonds is 6. The molecule has 0 spiro atoms. The number of carboxylic acids is 1. The summed E-state index contributed by atoms with van der Waals surface area (Å²) in [6.45, 7) is 2.28. The molecule has 0 amide bonds. The normalized spacial score (nSPS) is 21.5. The second kappa shape index (κ2) is 6.11. The fourth-order valence-electron chi connectivity index (χ4n) is 2.57. The number of aliphatic carboxylic acids is 1. The molecule has 1 fully saturated rings. The Balaban J connectivity index is 2.15. The Bertz CT molecular complexity index is 200. The standard InChI is InChI=1S/C12H23NO2/c1-9(10-4-2-3-5-10)6-7-11(13)8-12(14)15/h9-11H,2-8,13H2,1H3,(H,14,15)/t9-,11-/m0/s1. The summed E-state index contributed by atoms with van der Waals surface area (Å²) in [7, 11) is 0. The lowest BCUT2D eigenvalue weighted by Crippen LogP contribution is -2.25. The molecule has 0 heterocycles. The topological polar surface area (TPSA) is 63.3 Å². The molecule has 3 heteroatoms. The fourth-order valence-corrected chi connectivity index (χ4v) is 2.57. The minimum absolute atomic E-state index is 0.109. The average molecular weight is 213 g/mol. The van der Waals surface area contributed by atoms with Crippen molar-refractivity contribution in [2.75, 3.05) is 0 Å². The van der Waals surface area contributed by atoms with Gasteiger partial charge in [0.2, 0.25) is 0 Å². The zero-order chi connectivity index (χ0) is 11.3. The van der Waals surface area contributed by atoms with Gasteiger partial charge in [0.25, 0.3) is 0 Å². The molecule has 0 saturated heterocycles. The Hall–Kier alpha value is -0.570. The van der Waals surface area contributed by atoms with Gasteiger partial charge < -0.3 is 10.8 Å². The van der Waals surface area contributed by atoms with Gasteiger partial charge in [0.1, 0.15) is 0 Å². The van der Waals surface area contributed by atoms with E-state index in [4.69, 9.17) is 10.8 Å². The van der Waals surface area contributed by atoms with Gasteiger partial charge in [-0.1, -0.05) is 32.6 Å². The van der Waals surface area contributed by atoms with Crippen molar-refractivity contribution in [3.8, 4) is 0 Å². The molecule has 0 unspecified atom stereocenters. The Morgan fingerprint density at radius 3 is 2.53 bits per heavy atom. The van der Waals surface area contributed by atoms with Crippen LogP contribution in [0.2, 0.25) is 0 Å². The fraction of sp³-hybridized carbons (Fsp3) is 0.917. The van der Waals surface area contributed by atoms with Crippen LogP contribution in [-0.2, 0) is 4.79 Å². The second-order valence-corrected chi connectivity index (χ2v) is 4.96. The summed E-state index contributed by atoms with van der Waals surface area (Å²) in [6, 6.07) is -0.161. The average Bonchev–Trinajstić information content (AvgIpc) is 2.65. The van der Waals surface area contributed by atoms with E-state index in [1.54, 1.807) is 0 Å². The highest BCUT2D eigenvalue weighted by Crippen LogP contribution is 2.33. The van der Waals surface area contributed by atoms with Crippen molar-refractivity contribution in [3.63, 3.8) is 0 Å². The molecule has 3 nitrogen and oxygen atoms in total. The van der Waals surface area contributed by atoms with Gasteiger partial charge in [0.05, 0.1) is 6.42 Å². The second-order valence-electron chi connectivity index (χ2n) is 4.96. The van der Waals surface area contributed by atoms with E-state index < -0.39 is 5.97 Å². The third kappa shape index (κ3) is 4.65. The van der Waals surface area contributed by atoms with Gasteiger partial charge in [-0.15, -0.1) is 0 Å². The minimum atomic E-state index is -0.781. The predicted molar refractivity (Wildman–Crippen MR) is 60.6 cm³/mol. The predicted octanol–water partition coefficient (Wildman–Crippen LogP) is 2.39. The van der Waals surface area contributed by atoms with Crippen LogP contribution >= 0.6 is 0 Å². The van der Waals surface area contributed by atoms with Crippen molar-refractivity contribution in [2.45, 2.75) is 57.9 Å². The van der Waals surface area contributed by atoms with E-state index in [0.29, 0.717) is 5.92 Å².